The summed E-state index contributed by atoms with van der Waals surface area (Å²) in [7, 11) is 1.31. The summed E-state index contributed by atoms with van der Waals surface area (Å²) >= 11 is -1.32. The number of carbonyl (C=O) groups excluding carboxylic acids is 1. The SMILES string of the molecule is COC(=O)c1ccc(/C=N/[S@@+]([O-])C(C)(C)C)nc1. The molecule has 0 aliphatic heterocycles. The molecule has 1 atom stereocenters. The number of nitrogens with zero attached hydrogens (tertiary/aromatic N) is 2. The lowest BCUT2D eigenvalue weighted by Gasteiger charge is -2.17. The largest absolute Gasteiger partial charge is 0.591 e. The fourth-order valence-corrected chi connectivity index (χ4v) is 1.50. The van der Waals surface area contributed by atoms with E-state index in [0.29, 0.717) is 11.3 Å². The van der Waals surface area contributed by atoms with Crippen LogP contribution in [-0.2, 0) is 16.1 Å². The quantitative estimate of drug-likeness (QED) is 0.475. The van der Waals surface area contributed by atoms with Crippen LogP contribution in [0.5, 0.6) is 0 Å². The molecular weight excluding hydrogens is 252 g/mol. The summed E-state index contributed by atoms with van der Waals surface area (Å²) in [6.45, 7) is 5.52. The van der Waals surface area contributed by atoms with Crippen LogP contribution in [0.25, 0.3) is 0 Å². The average Bonchev–Trinajstić information content (AvgIpc) is 2.34. The molecule has 1 rings (SSSR count). The molecule has 5 nitrogen and oxygen atoms in total. The van der Waals surface area contributed by atoms with E-state index in [9.17, 15) is 9.35 Å². The second-order valence-electron chi connectivity index (χ2n) is 4.56. The monoisotopic (exact) mass is 268 g/mol. The predicted molar refractivity (Wildman–Crippen MR) is 71.1 cm³/mol. The Hall–Kier alpha value is -1.40. The molecule has 1 heterocycles. The first kappa shape index (κ1) is 14.7. The number of ether oxygens (including phenoxy) is 1. The van der Waals surface area contributed by atoms with Gasteiger partial charge in [-0.25, -0.2) is 4.79 Å². The molecular formula is C12H16N2O3S. The fraction of sp³-hybridized carbons (Fsp3) is 0.417. The highest BCUT2D eigenvalue weighted by atomic mass is 32.2. The molecule has 0 bridgehead atoms. The van der Waals surface area contributed by atoms with Gasteiger partial charge >= 0.3 is 5.97 Å². The molecule has 1 aromatic heterocycles. The van der Waals surface area contributed by atoms with Gasteiger partial charge in [0.25, 0.3) is 0 Å². The highest BCUT2D eigenvalue weighted by molar-refractivity contribution is 7.91. The van der Waals surface area contributed by atoms with Gasteiger partial charge in [-0.1, -0.05) is 4.40 Å². The Labute approximate surface area is 110 Å². The molecule has 0 radical (unpaired) electrons. The standard InChI is InChI=1S/C12H16N2O3S/c1-12(2,3)18(16)14-8-10-6-5-9(7-13-10)11(15)17-4/h5-8H,1-4H3/b14-8+/t18-/m0/s1. The topological polar surface area (TPSA) is 74.6 Å². The minimum atomic E-state index is -1.32. The van der Waals surface area contributed by atoms with Crippen LogP contribution >= 0.6 is 0 Å². The lowest BCUT2D eigenvalue weighted by molar-refractivity contribution is 0.0600. The van der Waals surface area contributed by atoms with E-state index in [1.54, 1.807) is 12.1 Å². The summed E-state index contributed by atoms with van der Waals surface area (Å²) in [5.74, 6) is -0.441. The van der Waals surface area contributed by atoms with Crippen LogP contribution < -0.4 is 0 Å². The molecule has 0 spiro atoms. The van der Waals surface area contributed by atoms with E-state index in [2.05, 4.69) is 14.1 Å². The Morgan fingerprint density at radius 2 is 2.17 bits per heavy atom. The van der Waals surface area contributed by atoms with Crippen LogP contribution in [0.3, 0.4) is 0 Å². The smallest absolute Gasteiger partial charge is 0.339 e. The van der Waals surface area contributed by atoms with Crippen LogP contribution in [0.15, 0.2) is 22.7 Å². The van der Waals surface area contributed by atoms with Gasteiger partial charge in [-0.2, -0.15) is 0 Å². The first-order valence-corrected chi connectivity index (χ1v) is 6.45. The number of esters is 1. The van der Waals surface area contributed by atoms with Crippen molar-refractivity contribution in [1.29, 1.82) is 0 Å². The lowest BCUT2D eigenvalue weighted by atomic mass is 10.2. The number of methoxy groups -OCH3 is 1. The summed E-state index contributed by atoms with van der Waals surface area (Å²) in [4.78, 5) is 15.2. The van der Waals surface area contributed by atoms with E-state index in [-0.39, 0.29) is 0 Å². The van der Waals surface area contributed by atoms with Gasteiger partial charge in [0.1, 0.15) is 22.3 Å². The van der Waals surface area contributed by atoms with Crippen molar-refractivity contribution in [3.8, 4) is 0 Å². The number of carbonyl (C=O) groups is 1. The highest BCUT2D eigenvalue weighted by Gasteiger charge is 2.25. The molecule has 0 fully saturated rings. The molecule has 0 aliphatic rings. The minimum Gasteiger partial charge on any atom is -0.591 e. The number of hydrogen-bond acceptors (Lipinski definition) is 5. The van der Waals surface area contributed by atoms with Crippen LogP contribution in [0.2, 0.25) is 0 Å². The maximum absolute atomic E-state index is 11.7. The molecule has 0 aromatic carbocycles. The second kappa shape index (κ2) is 5.97. The van der Waals surface area contributed by atoms with Crippen molar-refractivity contribution < 1.29 is 14.1 Å². The van der Waals surface area contributed by atoms with Crippen molar-refractivity contribution in [2.45, 2.75) is 25.5 Å². The third-order valence-electron chi connectivity index (χ3n) is 2.01. The average molecular weight is 268 g/mol. The highest BCUT2D eigenvalue weighted by Crippen LogP contribution is 2.16. The lowest BCUT2D eigenvalue weighted by Crippen LogP contribution is -2.25. The van der Waals surface area contributed by atoms with Crippen LogP contribution in [-0.4, -0.2) is 33.6 Å². The maximum Gasteiger partial charge on any atom is 0.339 e. The van der Waals surface area contributed by atoms with Gasteiger partial charge in [0.05, 0.1) is 18.4 Å². The van der Waals surface area contributed by atoms with Crippen LogP contribution in [0, 0.1) is 0 Å². The Morgan fingerprint density at radius 1 is 1.50 bits per heavy atom. The summed E-state index contributed by atoms with van der Waals surface area (Å²) < 4.78 is 19.8. The second-order valence-corrected chi connectivity index (χ2v) is 6.49. The van der Waals surface area contributed by atoms with Gasteiger partial charge in [-0.3, -0.25) is 4.98 Å². The third-order valence-corrected chi connectivity index (χ3v) is 3.36. The normalized spacial score (nSPS) is 13.6. The van der Waals surface area contributed by atoms with Gasteiger partial charge < -0.3 is 9.29 Å². The van der Waals surface area contributed by atoms with Crippen molar-refractivity contribution in [2.24, 2.45) is 4.40 Å². The predicted octanol–water partition coefficient (Wildman–Crippen LogP) is 1.75. The fourth-order valence-electron chi connectivity index (χ4n) is 0.980. The van der Waals surface area contributed by atoms with Crippen molar-refractivity contribution in [3.05, 3.63) is 29.6 Å². The zero-order chi connectivity index (χ0) is 13.8. The Balaban J connectivity index is 2.75. The zero-order valence-electron chi connectivity index (χ0n) is 10.8. The van der Waals surface area contributed by atoms with E-state index in [0.717, 1.165) is 0 Å². The maximum atomic E-state index is 11.7. The number of pyridine rings is 1. The summed E-state index contributed by atoms with van der Waals surface area (Å²) in [6, 6.07) is 3.20. The summed E-state index contributed by atoms with van der Waals surface area (Å²) in [6.07, 6.45) is 2.83. The van der Waals surface area contributed by atoms with Crippen molar-refractivity contribution >= 4 is 23.5 Å². The first-order chi connectivity index (χ1) is 8.34. The number of rotatable bonds is 3. The van der Waals surface area contributed by atoms with Crippen molar-refractivity contribution in [1.82, 2.24) is 4.98 Å². The van der Waals surface area contributed by atoms with Crippen molar-refractivity contribution in [3.63, 3.8) is 0 Å². The van der Waals surface area contributed by atoms with Gasteiger partial charge in [-0.15, -0.1) is 0 Å². The first-order valence-electron chi connectivity index (χ1n) is 5.35. The van der Waals surface area contributed by atoms with Crippen molar-refractivity contribution in [2.75, 3.05) is 7.11 Å². The molecule has 0 saturated heterocycles. The zero-order valence-corrected chi connectivity index (χ0v) is 11.7. The van der Waals surface area contributed by atoms with E-state index in [4.69, 9.17) is 0 Å². The van der Waals surface area contributed by atoms with Crippen LogP contribution in [0.1, 0.15) is 36.8 Å². The molecule has 0 aliphatic carbocycles. The van der Waals surface area contributed by atoms with Gasteiger partial charge in [-0.05, 0) is 32.9 Å². The molecule has 0 saturated carbocycles. The van der Waals surface area contributed by atoms with Gasteiger partial charge in [0.2, 0.25) is 0 Å². The van der Waals surface area contributed by atoms with E-state index < -0.39 is 22.1 Å². The molecule has 0 N–H and O–H groups in total. The van der Waals surface area contributed by atoms with E-state index in [1.807, 2.05) is 20.8 Å². The van der Waals surface area contributed by atoms with Gasteiger partial charge in [0, 0.05) is 6.20 Å². The summed E-state index contributed by atoms with van der Waals surface area (Å²) in [5, 5.41) is 0. The Bertz CT molecular complexity index is 438. The number of aromatic nitrogens is 1. The Morgan fingerprint density at radius 3 is 2.61 bits per heavy atom. The van der Waals surface area contributed by atoms with E-state index in [1.165, 1.54) is 19.5 Å². The number of hydrogen-bond donors (Lipinski definition) is 0. The Kier molecular flexibility index (Phi) is 4.86. The molecule has 1 aromatic rings. The third kappa shape index (κ3) is 4.12. The van der Waals surface area contributed by atoms with E-state index >= 15 is 0 Å². The molecule has 6 heteroatoms. The molecule has 0 unspecified atom stereocenters. The molecule has 98 valence electrons. The van der Waals surface area contributed by atoms with Crippen LogP contribution in [0.4, 0.5) is 0 Å². The summed E-state index contributed by atoms with van der Waals surface area (Å²) in [5.41, 5.74) is 0.909. The minimum absolute atomic E-state index is 0.367. The molecule has 18 heavy (non-hydrogen) atoms. The van der Waals surface area contributed by atoms with Gasteiger partial charge in [0.15, 0.2) is 0 Å². The molecule has 0 amide bonds.